The van der Waals surface area contributed by atoms with Gasteiger partial charge in [-0.15, -0.1) is 10.2 Å². The summed E-state index contributed by atoms with van der Waals surface area (Å²) in [5, 5.41) is 24.7. The molecular formula is C37H49N7O3. The van der Waals surface area contributed by atoms with E-state index in [2.05, 4.69) is 82.6 Å². The van der Waals surface area contributed by atoms with Gasteiger partial charge in [0.25, 0.3) is 0 Å². The Bertz CT molecular complexity index is 1700. The van der Waals surface area contributed by atoms with Crippen LogP contribution in [0.4, 0.5) is 16.4 Å². The van der Waals surface area contributed by atoms with Crippen molar-refractivity contribution >= 4 is 23.3 Å². The first-order valence-electron chi connectivity index (χ1n) is 17.0. The summed E-state index contributed by atoms with van der Waals surface area (Å²) in [6.07, 6.45) is 6.95. The molecule has 10 nitrogen and oxygen atoms in total. The smallest absolute Gasteiger partial charge is 0.319 e. The van der Waals surface area contributed by atoms with E-state index in [-0.39, 0.29) is 30.2 Å². The van der Waals surface area contributed by atoms with E-state index in [1.807, 2.05) is 48.0 Å². The molecule has 0 bridgehead atoms. The number of likely N-dealkylation sites (N-methyl/N-ethyl adjacent to an activating group) is 1. The maximum absolute atomic E-state index is 13.4. The van der Waals surface area contributed by atoms with Crippen molar-refractivity contribution < 1.29 is 14.6 Å². The molecule has 0 radical (unpaired) electrons. The van der Waals surface area contributed by atoms with Crippen LogP contribution in [0.5, 0.6) is 5.75 Å². The van der Waals surface area contributed by atoms with Crippen molar-refractivity contribution in [2.24, 2.45) is 0 Å². The van der Waals surface area contributed by atoms with Crippen LogP contribution in [0.1, 0.15) is 94.2 Å². The fraction of sp³-hybridized carbons (Fsp3) is 0.486. The van der Waals surface area contributed by atoms with Crippen molar-refractivity contribution in [3.05, 3.63) is 83.0 Å². The number of carbonyl (C=O) groups is 1. The van der Waals surface area contributed by atoms with E-state index in [9.17, 15) is 9.90 Å². The van der Waals surface area contributed by atoms with Crippen LogP contribution in [0, 0.1) is 0 Å². The number of ether oxygens (including phenoxy) is 1. The Morgan fingerprint density at radius 3 is 2.62 bits per heavy atom. The third kappa shape index (κ3) is 7.55. The minimum Gasteiger partial charge on any atom is -0.484 e. The Balaban J connectivity index is 1.17. The number of urea groups is 1. The zero-order valence-corrected chi connectivity index (χ0v) is 28.4. The maximum Gasteiger partial charge on any atom is 0.319 e. The van der Waals surface area contributed by atoms with Gasteiger partial charge in [-0.2, -0.15) is 0 Å². The summed E-state index contributed by atoms with van der Waals surface area (Å²) in [5.74, 6) is 1.64. The van der Waals surface area contributed by atoms with Crippen LogP contribution in [0.3, 0.4) is 0 Å². The molecule has 1 aliphatic heterocycles. The van der Waals surface area contributed by atoms with Gasteiger partial charge in [0.2, 0.25) is 5.95 Å². The van der Waals surface area contributed by atoms with Crippen LogP contribution in [0.15, 0.2) is 60.8 Å². The number of nitrogens with one attached hydrogen (secondary N) is 2. The Hall–Kier alpha value is -4.15. The standard InChI is InChI=1S/C37H49N7O3/c1-25-10-8-9-17-43(25)36-41-40-34-16-13-29(24-44(34)36)47-33-15-14-32(30-11-6-7-12-31(30)33)39-35(46)38-28-21-26(23-42(5)18-19-45)20-27(22-28)37(2,3)4/h6-7,11-13,16,20-22,24-25,32-33,45H,8-10,14-15,17-19,23H2,1-5H3,(H2,38,39,46)/t25-,32-,33+/m0/s1. The van der Waals surface area contributed by atoms with Gasteiger partial charge in [-0.25, -0.2) is 4.79 Å². The predicted octanol–water partition coefficient (Wildman–Crippen LogP) is 6.61. The lowest BCUT2D eigenvalue weighted by Gasteiger charge is -2.33. The number of hydrogen-bond acceptors (Lipinski definition) is 7. The number of anilines is 2. The number of carbonyl (C=O) groups excluding carboxylic acids is 1. The third-order valence-corrected chi connectivity index (χ3v) is 9.49. The van der Waals surface area contributed by atoms with Gasteiger partial charge in [0.05, 0.1) is 18.8 Å². The molecule has 1 fully saturated rings. The number of benzene rings is 2. The Kier molecular flexibility index (Phi) is 9.70. The first-order chi connectivity index (χ1) is 22.6. The van der Waals surface area contributed by atoms with E-state index < -0.39 is 0 Å². The lowest BCUT2D eigenvalue weighted by Crippen LogP contribution is -2.38. The quantitative estimate of drug-likeness (QED) is 0.189. The summed E-state index contributed by atoms with van der Waals surface area (Å²) < 4.78 is 8.69. The highest BCUT2D eigenvalue weighted by molar-refractivity contribution is 5.89. The Morgan fingerprint density at radius 2 is 1.85 bits per heavy atom. The van der Waals surface area contributed by atoms with Crippen LogP contribution >= 0.6 is 0 Å². The number of aliphatic hydroxyl groups excluding tert-OH is 1. The monoisotopic (exact) mass is 639 g/mol. The van der Waals surface area contributed by atoms with Gasteiger partial charge in [0.15, 0.2) is 5.65 Å². The van der Waals surface area contributed by atoms with Crippen LogP contribution < -0.4 is 20.3 Å². The number of aliphatic hydroxyl groups is 1. The predicted molar refractivity (Wildman–Crippen MR) is 186 cm³/mol. The van der Waals surface area contributed by atoms with E-state index >= 15 is 0 Å². The summed E-state index contributed by atoms with van der Waals surface area (Å²) in [6.45, 7) is 11.1. The van der Waals surface area contributed by atoms with Crippen LogP contribution in [-0.4, -0.2) is 63.4 Å². The van der Waals surface area contributed by atoms with Crippen molar-refractivity contribution in [1.29, 1.82) is 0 Å². The highest BCUT2D eigenvalue weighted by Crippen LogP contribution is 2.39. The SMILES string of the molecule is C[C@H]1CCCCN1c1nnc2ccc(O[C@@H]3CC[C@H](NC(=O)Nc4cc(CN(C)CCO)cc(C(C)(C)C)c4)c4ccccc43)cn12. The second-order valence-corrected chi connectivity index (χ2v) is 14.2. The van der Waals surface area contributed by atoms with Crippen molar-refractivity contribution in [1.82, 2.24) is 24.8 Å². The van der Waals surface area contributed by atoms with Gasteiger partial charge < -0.3 is 25.4 Å². The average Bonchev–Trinajstić information content (AvgIpc) is 3.45. The van der Waals surface area contributed by atoms with E-state index in [0.717, 1.165) is 77.5 Å². The summed E-state index contributed by atoms with van der Waals surface area (Å²) in [5.41, 5.74) is 5.88. The van der Waals surface area contributed by atoms with Crippen molar-refractivity contribution in [2.45, 2.75) is 89.9 Å². The zero-order chi connectivity index (χ0) is 33.1. The Labute approximate surface area is 278 Å². The largest absolute Gasteiger partial charge is 0.484 e. The number of pyridine rings is 1. The number of hydrogen-bond donors (Lipinski definition) is 3. The third-order valence-electron chi connectivity index (χ3n) is 9.49. The molecule has 3 atom stereocenters. The number of rotatable bonds is 9. The maximum atomic E-state index is 13.4. The molecule has 2 aromatic heterocycles. The van der Waals surface area contributed by atoms with E-state index in [4.69, 9.17) is 4.74 Å². The second-order valence-electron chi connectivity index (χ2n) is 14.2. The average molecular weight is 640 g/mol. The summed E-state index contributed by atoms with van der Waals surface area (Å²) in [6, 6.07) is 18.5. The summed E-state index contributed by atoms with van der Waals surface area (Å²) in [4.78, 5) is 17.8. The fourth-order valence-corrected chi connectivity index (χ4v) is 6.88. The number of nitrogens with zero attached hydrogens (tertiary/aromatic N) is 5. The van der Waals surface area contributed by atoms with E-state index in [0.29, 0.717) is 19.1 Å². The van der Waals surface area contributed by atoms with Crippen LogP contribution in [0.2, 0.25) is 0 Å². The van der Waals surface area contributed by atoms with Gasteiger partial charge in [-0.1, -0.05) is 51.1 Å². The molecule has 0 saturated carbocycles. The number of fused-ring (bicyclic) bond motifs is 2. The first kappa shape index (κ1) is 32.8. The van der Waals surface area contributed by atoms with Crippen molar-refractivity contribution in [3.63, 3.8) is 0 Å². The molecule has 3 heterocycles. The molecule has 0 spiro atoms. The second kappa shape index (κ2) is 13.9. The highest BCUT2D eigenvalue weighted by Gasteiger charge is 2.30. The molecule has 2 aliphatic rings. The molecule has 2 aromatic carbocycles. The molecule has 1 aliphatic carbocycles. The molecule has 2 amide bonds. The molecule has 47 heavy (non-hydrogen) atoms. The lowest BCUT2D eigenvalue weighted by molar-refractivity contribution is 0.171. The normalized spacial score (nSPS) is 19.9. The zero-order valence-electron chi connectivity index (χ0n) is 28.4. The van der Waals surface area contributed by atoms with Gasteiger partial charge in [-0.05, 0) is 98.0 Å². The molecular weight excluding hydrogens is 590 g/mol. The molecule has 4 aromatic rings. The van der Waals surface area contributed by atoms with Gasteiger partial charge in [-0.3, -0.25) is 9.30 Å². The topological polar surface area (TPSA) is 107 Å². The molecule has 0 unspecified atom stereocenters. The van der Waals surface area contributed by atoms with Gasteiger partial charge in [0.1, 0.15) is 11.9 Å². The van der Waals surface area contributed by atoms with Crippen LogP contribution in [0.25, 0.3) is 5.65 Å². The molecule has 10 heteroatoms. The fourth-order valence-electron chi connectivity index (χ4n) is 6.88. The number of aromatic nitrogens is 3. The lowest BCUT2D eigenvalue weighted by atomic mass is 9.85. The van der Waals surface area contributed by atoms with Crippen molar-refractivity contribution in [3.8, 4) is 5.75 Å². The van der Waals surface area contributed by atoms with Gasteiger partial charge >= 0.3 is 6.03 Å². The number of piperidine rings is 1. The molecule has 6 rings (SSSR count). The minimum absolute atomic E-state index is 0.0811. The summed E-state index contributed by atoms with van der Waals surface area (Å²) in [7, 11) is 1.98. The first-order valence-corrected chi connectivity index (χ1v) is 17.0. The molecule has 1 saturated heterocycles. The highest BCUT2D eigenvalue weighted by atomic mass is 16.5. The molecule has 3 N–H and O–H groups in total. The molecule has 250 valence electrons. The van der Waals surface area contributed by atoms with Crippen LogP contribution in [-0.2, 0) is 12.0 Å². The van der Waals surface area contributed by atoms with E-state index in [1.54, 1.807) is 0 Å². The van der Waals surface area contributed by atoms with E-state index in [1.165, 1.54) is 6.42 Å². The number of amides is 2. The summed E-state index contributed by atoms with van der Waals surface area (Å²) >= 11 is 0. The minimum atomic E-state index is -0.234. The van der Waals surface area contributed by atoms with Gasteiger partial charge in [0, 0.05) is 31.4 Å². The van der Waals surface area contributed by atoms with Crippen molar-refractivity contribution in [2.75, 3.05) is 37.0 Å². The Morgan fingerprint density at radius 1 is 1.04 bits per heavy atom.